The van der Waals surface area contributed by atoms with Crippen molar-refractivity contribution in [1.29, 1.82) is 0 Å². The van der Waals surface area contributed by atoms with Crippen LogP contribution in [0.5, 0.6) is 0 Å². The van der Waals surface area contributed by atoms with Gasteiger partial charge in [0.25, 0.3) is 0 Å². The molecule has 0 spiro atoms. The van der Waals surface area contributed by atoms with Crippen LogP contribution in [0, 0.1) is 0 Å². The highest BCUT2D eigenvalue weighted by molar-refractivity contribution is 5.85. The molecule has 2 nitrogen and oxygen atoms in total. The van der Waals surface area contributed by atoms with Crippen molar-refractivity contribution in [2.45, 2.75) is 69.6 Å². The first-order valence-electron chi connectivity index (χ1n) is 10.3. The van der Waals surface area contributed by atoms with Crippen LogP contribution in [0.2, 0.25) is 0 Å². The van der Waals surface area contributed by atoms with Crippen LogP contribution in [0.4, 0.5) is 0 Å². The molecular weight excluding hydrogens is 344 g/mol. The molecule has 1 fully saturated rings. The summed E-state index contributed by atoms with van der Waals surface area (Å²) in [7, 11) is 0. The zero-order chi connectivity index (χ0) is 20.2. The Morgan fingerprint density at radius 2 is 1.50 bits per heavy atom. The molecule has 0 aromatic heterocycles. The molecule has 0 unspecified atom stereocenters. The predicted octanol–water partition coefficient (Wildman–Crippen LogP) is 6.21. The first-order valence-corrected chi connectivity index (χ1v) is 10.3. The minimum Gasteiger partial charge on any atom is -0.478 e. The van der Waals surface area contributed by atoms with Crippen molar-refractivity contribution >= 4 is 12.0 Å². The van der Waals surface area contributed by atoms with Gasteiger partial charge in [0.15, 0.2) is 0 Å². The van der Waals surface area contributed by atoms with Crippen molar-refractivity contribution in [2.24, 2.45) is 0 Å². The predicted molar refractivity (Wildman–Crippen MR) is 115 cm³/mol. The third-order valence-corrected chi connectivity index (χ3v) is 7.01. The van der Waals surface area contributed by atoms with E-state index in [0.29, 0.717) is 0 Å². The van der Waals surface area contributed by atoms with E-state index in [9.17, 15) is 4.79 Å². The summed E-state index contributed by atoms with van der Waals surface area (Å²) in [6, 6.07) is 15.6. The number of carboxylic acid groups (broad SMARTS) is 1. The maximum Gasteiger partial charge on any atom is 0.328 e. The van der Waals surface area contributed by atoms with E-state index in [0.717, 1.165) is 18.4 Å². The number of benzene rings is 2. The van der Waals surface area contributed by atoms with Crippen molar-refractivity contribution in [1.82, 2.24) is 0 Å². The number of rotatable bonds is 4. The molecule has 2 aliphatic carbocycles. The maximum atomic E-state index is 10.9. The Labute approximate surface area is 168 Å². The number of hydrogen-bond donors (Lipinski definition) is 1. The fourth-order valence-corrected chi connectivity index (χ4v) is 4.86. The van der Waals surface area contributed by atoms with E-state index in [1.54, 1.807) is 6.08 Å². The summed E-state index contributed by atoms with van der Waals surface area (Å²) in [6.45, 7) is 9.49. The van der Waals surface area contributed by atoms with Gasteiger partial charge in [-0.25, -0.2) is 4.79 Å². The minimum absolute atomic E-state index is 0.0831. The highest BCUT2D eigenvalue weighted by Crippen LogP contribution is 2.55. The molecule has 2 aromatic rings. The van der Waals surface area contributed by atoms with E-state index in [2.05, 4.69) is 58.0 Å². The topological polar surface area (TPSA) is 37.3 Å². The van der Waals surface area contributed by atoms with Gasteiger partial charge in [-0.15, -0.1) is 0 Å². The second-order valence-electron chi connectivity index (χ2n) is 9.91. The van der Waals surface area contributed by atoms with Crippen LogP contribution in [0.1, 0.15) is 81.2 Å². The molecule has 146 valence electrons. The molecule has 2 aliphatic rings. The average molecular weight is 375 g/mol. The average Bonchev–Trinajstić information content (AvgIpc) is 3.46. The van der Waals surface area contributed by atoms with E-state index in [1.165, 1.54) is 41.2 Å². The molecule has 2 heteroatoms. The van der Waals surface area contributed by atoms with Gasteiger partial charge in [0.2, 0.25) is 0 Å². The Balaban J connectivity index is 1.76. The standard InChI is InChI=1S/C26H30O2/c1-24(2)12-13-25(3,4)22-17-20(9-10-21(22)24)26(14-15-26)19-7-5-6-18(16-19)8-11-23(27)28/h5-11,16-17H,12-15H2,1-4H3,(H,27,28)/b11-8+. The maximum absolute atomic E-state index is 10.9. The zero-order valence-electron chi connectivity index (χ0n) is 17.4. The fourth-order valence-electron chi connectivity index (χ4n) is 4.86. The molecule has 0 saturated heterocycles. The number of carbonyl (C=O) groups is 1. The largest absolute Gasteiger partial charge is 0.478 e. The van der Waals surface area contributed by atoms with Gasteiger partial charge in [-0.2, -0.15) is 0 Å². The van der Waals surface area contributed by atoms with E-state index in [4.69, 9.17) is 5.11 Å². The Morgan fingerprint density at radius 1 is 0.857 bits per heavy atom. The van der Waals surface area contributed by atoms with Crippen LogP contribution in [0.3, 0.4) is 0 Å². The third kappa shape index (κ3) is 3.19. The Kier molecular flexibility index (Phi) is 4.30. The monoisotopic (exact) mass is 374 g/mol. The molecule has 1 N–H and O–H groups in total. The summed E-state index contributed by atoms with van der Waals surface area (Å²) in [5.74, 6) is -0.911. The Bertz CT molecular complexity index is 958. The lowest BCUT2D eigenvalue weighted by Crippen LogP contribution is -2.34. The minimum atomic E-state index is -0.911. The molecule has 0 bridgehead atoms. The van der Waals surface area contributed by atoms with Crippen LogP contribution >= 0.6 is 0 Å². The van der Waals surface area contributed by atoms with Crippen molar-refractivity contribution in [3.05, 3.63) is 76.4 Å². The summed E-state index contributed by atoms with van der Waals surface area (Å²) in [4.78, 5) is 10.9. The normalized spacial score (nSPS) is 21.3. The first-order chi connectivity index (χ1) is 13.1. The summed E-state index contributed by atoms with van der Waals surface area (Å²) < 4.78 is 0. The van der Waals surface area contributed by atoms with Gasteiger partial charge in [0, 0.05) is 11.5 Å². The quantitative estimate of drug-likeness (QED) is 0.646. The van der Waals surface area contributed by atoms with Crippen LogP contribution in [-0.2, 0) is 21.0 Å². The molecule has 0 atom stereocenters. The molecule has 0 radical (unpaired) electrons. The molecular formula is C26H30O2. The zero-order valence-corrected chi connectivity index (χ0v) is 17.4. The van der Waals surface area contributed by atoms with Gasteiger partial charge in [-0.3, -0.25) is 0 Å². The third-order valence-electron chi connectivity index (χ3n) is 7.01. The van der Waals surface area contributed by atoms with Crippen molar-refractivity contribution in [3.8, 4) is 0 Å². The van der Waals surface area contributed by atoms with Crippen LogP contribution in [-0.4, -0.2) is 11.1 Å². The van der Waals surface area contributed by atoms with Gasteiger partial charge in [0.05, 0.1) is 0 Å². The van der Waals surface area contributed by atoms with Crippen molar-refractivity contribution in [3.63, 3.8) is 0 Å². The molecule has 4 rings (SSSR count). The van der Waals surface area contributed by atoms with Crippen LogP contribution < -0.4 is 0 Å². The number of carboxylic acids is 1. The smallest absolute Gasteiger partial charge is 0.328 e. The lowest BCUT2D eigenvalue weighted by Gasteiger charge is -2.42. The lowest BCUT2D eigenvalue weighted by atomic mass is 9.62. The fraction of sp³-hybridized carbons (Fsp3) is 0.423. The van der Waals surface area contributed by atoms with Crippen molar-refractivity contribution in [2.75, 3.05) is 0 Å². The SMILES string of the molecule is CC1(C)CCC(C)(C)c2cc(C3(c4cccc(/C=C/C(=O)O)c4)CC3)ccc21. The van der Waals surface area contributed by atoms with Crippen LogP contribution in [0.25, 0.3) is 6.08 Å². The van der Waals surface area contributed by atoms with E-state index < -0.39 is 5.97 Å². The van der Waals surface area contributed by atoms with Gasteiger partial charge >= 0.3 is 5.97 Å². The summed E-state index contributed by atoms with van der Waals surface area (Å²) in [5.41, 5.74) is 7.20. The number of aliphatic carboxylic acids is 1. The summed E-state index contributed by atoms with van der Waals surface area (Å²) in [5, 5.41) is 8.91. The van der Waals surface area contributed by atoms with Gasteiger partial charge in [-0.1, -0.05) is 70.2 Å². The van der Waals surface area contributed by atoms with E-state index in [1.807, 2.05) is 12.1 Å². The van der Waals surface area contributed by atoms with Gasteiger partial charge in [-0.05, 0) is 70.4 Å². The molecule has 0 amide bonds. The molecule has 0 aliphatic heterocycles. The summed E-state index contributed by atoms with van der Waals surface area (Å²) >= 11 is 0. The lowest BCUT2D eigenvalue weighted by molar-refractivity contribution is -0.131. The van der Waals surface area contributed by atoms with E-state index in [-0.39, 0.29) is 16.2 Å². The molecule has 0 heterocycles. The first kappa shape index (κ1) is 19.0. The summed E-state index contributed by atoms with van der Waals surface area (Å²) in [6.07, 6.45) is 7.65. The number of fused-ring (bicyclic) bond motifs is 1. The highest BCUT2D eigenvalue weighted by Gasteiger charge is 2.47. The van der Waals surface area contributed by atoms with Gasteiger partial charge < -0.3 is 5.11 Å². The van der Waals surface area contributed by atoms with Crippen LogP contribution in [0.15, 0.2) is 48.5 Å². The van der Waals surface area contributed by atoms with Gasteiger partial charge in [0.1, 0.15) is 0 Å². The number of hydrogen-bond acceptors (Lipinski definition) is 1. The highest BCUT2D eigenvalue weighted by atomic mass is 16.4. The molecule has 2 aromatic carbocycles. The Hall–Kier alpha value is -2.35. The Morgan fingerprint density at radius 3 is 2.14 bits per heavy atom. The second-order valence-corrected chi connectivity index (χ2v) is 9.91. The molecule has 28 heavy (non-hydrogen) atoms. The molecule has 1 saturated carbocycles. The second kappa shape index (κ2) is 6.34. The van der Waals surface area contributed by atoms with E-state index >= 15 is 0 Å². The van der Waals surface area contributed by atoms with Crippen molar-refractivity contribution < 1.29 is 9.90 Å².